The van der Waals surface area contributed by atoms with E-state index in [9.17, 15) is 10.1 Å². The van der Waals surface area contributed by atoms with E-state index in [1.165, 1.54) is 5.56 Å². The first-order valence-electron chi connectivity index (χ1n) is 9.05. The average Bonchev–Trinajstić information content (AvgIpc) is 3.35. The van der Waals surface area contributed by atoms with Gasteiger partial charge in [0.25, 0.3) is 6.71 Å². The van der Waals surface area contributed by atoms with Crippen molar-refractivity contribution in [2.24, 2.45) is 7.05 Å². The van der Waals surface area contributed by atoms with Crippen molar-refractivity contribution < 1.29 is 4.79 Å². The standard InChI is InChI=1S/C19H21BN4O/c1-24-7-5-18(23-24)16-9-19(13-2-3-15(25)8-13)22-11-17(16)14-4-6-20(10-14)12-21/h5,7,9,11,13-14H,2-4,6,8,10H2,1H3. The maximum absolute atomic E-state index is 11.7. The Kier molecular flexibility index (Phi) is 4.16. The van der Waals surface area contributed by atoms with Gasteiger partial charge in [-0.25, -0.2) is 5.26 Å². The predicted molar refractivity (Wildman–Crippen MR) is 96.4 cm³/mol. The van der Waals surface area contributed by atoms with E-state index in [0.29, 0.717) is 24.5 Å². The zero-order valence-electron chi connectivity index (χ0n) is 14.5. The molecule has 126 valence electrons. The largest absolute Gasteiger partial charge is 0.300 e. The van der Waals surface area contributed by atoms with Crippen LogP contribution >= 0.6 is 0 Å². The molecule has 5 nitrogen and oxygen atoms in total. The number of aromatic nitrogens is 3. The van der Waals surface area contributed by atoms with E-state index in [4.69, 9.17) is 4.98 Å². The summed E-state index contributed by atoms with van der Waals surface area (Å²) in [6, 6.07) is 4.17. The maximum atomic E-state index is 11.7. The lowest BCUT2D eigenvalue weighted by Crippen LogP contribution is -2.06. The van der Waals surface area contributed by atoms with Gasteiger partial charge in [-0.2, -0.15) is 5.10 Å². The van der Waals surface area contributed by atoms with Crippen molar-refractivity contribution in [3.05, 3.63) is 35.8 Å². The van der Waals surface area contributed by atoms with Crippen molar-refractivity contribution in [3.63, 3.8) is 0 Å². The molecule has 0 N–H and O–H groups in total. The summed E-state index contributed by atoms with van der Waals surface area (Å²) in [5.74, 6) is 3.35. The Hall–Kier alpha value is -2.42. The highest BCUT2D eigenvalue weighted by molar-refractivity contribution is 6.67. The zero-order chi connectivity index (χ0) is 17.4. The highest BCUT2D eigenvalue weighted by Crippen LogP contribution is 2.41. The first kappa shape index (κ1) is 16.1. The quantitative estimate of drug-likeness (QED) is 0.808. The Morgan fingerprint density at radius 2 is 2.24 bits per heavy atom. The van der Waals surface area contributed by atoms with Gasteiger partial charge in [-0.15, -0.1) is 0 Å². The monoisotopic (exact) mass is 332 g/mol. The molecule has 0 aromatic carbocycles. The van der Waals surface area contributed by atoms with E-state index in [1.54, 1.807) is 0 Å². The molecule has 2 unspecified atom stereocenters. The summed E-state index contributed by atoms with van der Waals surface area (Å²) >= 11 is 0. The predicted octanol–water partition coefficient (Wildman–Crippen LogP) is 3.36. The number of rotatable bonds is 3. The highest BCUT2D eigenvalue weighted by Gasteiger charge is 2.32. The Morgan fingerprint density at radius 3 is 2.88 bits per heavy atom. The molecule has 2 aromatic heterocycles. The summed E-state index contributed by atoms with van der Waals surface area (Å²) in [7, 11) is 1.92. The summed E-state index contributed by atoms with van der Waals surface area (Å²) in [5, 5.41) is 13.8. The molecule has 0 bridgehead atoms. The fourth-order valence-electron chi connectivity index (χ4n) is 4.26. The number of pyridine rings is 1. The molecular weight excluding hydrogens is 311 g/mol. The molecule has 2 atom stereocenters. The molecular formula is C19H21BN4O. The maximum Gasteiger partial charge on any atom is 0.268 e. The fraction of sp³-hybridized carbons (Fsp3) is 0.474. The molecule has 1 aliphatic heterocycles. The van der Waals surface area contributed by atoms with Crippen LogP contribution in [-0.4, -0.2) is 27.3 Å². The second-order valence-corrected chi connectivity index (χ2v) is 7.39. The second-order valence-electron chi connectivity index (χ2n) is 7.39. The molecule has 1 saturated carbocycles. The SMILES string of the molecule is Cn1ccc(-c2cc(C3CCC(=O)C3)ncc2C2CCB(C#N)C2)n1. The minimum absolute atomic E-state index is 0.147. The number of hydrogen-bond acceptors (Lipinski definition) is 4. The van der Waals surface area contributed by atoms with E-state index in [1.807, 2.05) is 30.2 Å². The molecule has 6 heteroatoms. The zero-order valence-corrected chi connectivity index (χ0v) is 14.5. The third kappa shape index (κ3) is 3.11. The molecule has 2 aromatic rings. The Labute approximate surface area is 148 Å². The lowest BCUT2D eigenvalue weighted by molar-refractivity contribution is -0.117. The lowest BCUT2D eigenvalue weighted by atomic mass is 9.49. The van der Waals surface area contributed by atoms with E-state index in [0.717, 1.165) is 42.4 Å². The van der Waals surface area contributed by atoms with Crippen molar-refractivity contribution >= 4 is 12.5 Å². The molecule has 25 heavy (non-hydrogen) atoms. The number of nitriles is 1. The summed E-state index contributed by atoms with van der Waals surface area (Å²) in [5.41, 5.74) is 4.27. The number of hydrogen-bond donors (Lipinski definition) is 0. The molecule has 2 fully saturated rings. The summed E-state index contributed by atoms with van der Waals surface area (Å²) in [6.07, 6.45) is 8.99. The van der Waals surface area contributed by atoms with Crippen molar-refractivity contribution in [3.8, 4) is 17.2 Å². The van der Waals surface area contributed by atoms with Gasteiger partial charge in [0, 0.05) is 55.4 Å². The van der Waals surface area contributed by atoms with Gasteiger partial charge in [0.05, 0.1) is 5.69 Å². The molecule has 0 spiro atoms. The van der Waals surface area contributed by atoms with Crippen LogP contribution in [0.4, 0.5) is 0 Å². The van der Waals surface area contributed by atoms with Gasteiger partial charge in [-0.1, -0.05) is 19.1 Å². The first-order valence-corrected chi connectivity index (χ1v) is 9.05. The lowest BCUT2D eigenvalue weighted by Gasteiger charge is -2.17. The van der Waals surface area contributed by atoms with Crippen LogP contribution < -0.4 is 0 Å². The van der Waals surface area contributed by atoms with E-state index >= 15 is 0 Å². The van der Waals surface area contributed by atoms with E-state index in [-0.39, 0.29) is 12.6 Å². The topological polar surface area (TPSA) is 71.6 Å². The van der Waals surface area contributed by atoms with Gasteiger partial charge in [-0.05, 0) is 30.0 Å². The summed E-state index contributed by atoms with van der Waals surface area (Å²) < 4.78 is 1.81. The Balaban J connectivity index is 1.73. The molecule has 0 amide bonds. The van der Waals surface area contributed by atoms with Gasteiger partial charge in [0.15, 0.2) is 0 Å². The third-order valence-electron chi connectivity index (χ3n) is 5.66. The number of carbonyl (C=O) groups is 1. The van der Waals surface area contributed by atoms with Gasteiger partial charge in [0.2, 0.25) is 0 Å². The number of nitrogens with zero attached hydrogens (tertiary/aromatic N) is 4. The first-order chi connectivity index (χ1) is 12.1. The Morgan fingerprint density at radius 1 is 1.36 bits per heavy atom. The summed E-state index contributed by atoms with van der Waals surface area (Å²) in [6.45, 7) is 0.147. The number of aryl methyl sites for hydroxylation is 1. The van der Waals surface area contributed by atoms with Gasteiger partial charge in [-0.3, -0.25) is 14.5 Å². The van der Waals surface area contributed by atoms with Crippen molar-refractivity contribution in [2.75, 3.05) is 0 Å². The molecule has 1 saturated heterocycles. The van der Waals surface area contributed by atoms with Crippen LogP contribution in [0, 0.1) is 11.2 Å². The van der Waals surface area contributed by atoms with Crippen LogP contribution in [0.25, 0.3) is 11.3 Å². The van der Waals surface area contributed by atoms with E-state index < -0.39 is 0 Å². The molecule has 3 heterocycles. The molecule has 0 radical (unpaired) electrons. The molecule has 2 aliphatic rings. The third-order valence-corrected chi connectivity index (χ3v) is 5.66. The van der Waals surface area contributed by atoms with Crippen LogP contribution in [0.15, 0.2) is 24.5 Å². The van der Waals surface area contributed by atoms with Crippen molar-refractivity contribution in [1.29, 1.82) is 5.26 Å². The molecule has 1 aliphatic carbocycles. The van der Waals surface area contributed by atoms with E-state index in [2.05, 4.69) is 17.1 Å². The fourth-order valence-corrected chi connectivity index (χ4v) is 4.26. The number of carbonyl (C=O) groups excluding carboxylic acids is 1. The smallest absolute Gasteiger partial charge is 0.268 e. The van der Waals surface area contributed by atoms with Crippen LogP contribution in [0.3, 0.4) is 0 Å². The van der Waals surface area contributed by atoms with Crippen LogP contribution in [-0.2, 0) is 11.8 Å². The number of ketones is 1. The van der Waals surface area contributed by atoms with Gasteiger partial charge >= 0.3 is 0 Å². The summed E-state index contributed by atoms with van der Waals surface area (Å²) in [4.78, 5) is 16.4. The van der Waals surface area contributed by atoms with Crippen molar-refractivity contribution in [2.45, 2.75) is 50.2 Å². The minimum Gasteiger partial charge on any atom is -0.300 e. The van der Waals surface area contributed by atoms with Gasteiger partial charge in [0.1, 0.15) is 5.78 Å². The van der Waals surface area contributed by atoms with Crippen molar-refractivity contribution in [1.82, 2.24) is 14.8 Å². The second kappa shape index (κ2) is 6.47. The molecule has 4 rings (SSSR count). The van der Waals surface area contributed by atoms with Gasteiger partial charge < -0.3 is 0 Å². The normalized spacial score (nSPS) is 23.2. The highest BCUT2D eigenvalue weighted by atomic mass is 16.1. The van der Waals surface area contributed by atoms with Crippen LogP contribution in [0.1, 0.15) is 48.8 Å². The average molecular weight is 332 g/mol. The minimum atomic E-state index is 0.147. The Bertz CT molecular complexity index is 853. The van der Waals surface area contributed by atoms with Crippen LogP contribution in [0.5, 0.6) is 0 Å². The van der Waals surface area contributed by atoms with Crippen LogP contribution in [0.2, 0.25) is 12.6 Å². The number of Topliss-reactive ketones (excluding diaryl/α,β-unsaturated/α-hetero) is 1.